The van der Waals surface area contributed by atoms with Crippen LogP contribution < -0.4 is 9.47 Å². The third-order valence-corrected chi connectivity index (χ3v) is 4.89. The van der Waals surface area contributed by atoms with Gasteiger partial charge in [0, 0.05) is 23.2 Å². The van der Waals surface area contributed by atoms with Crippen molar-refractivity contribution < 1.29 is 19.2 Å². The standard InChI is InChI=1S/C23H16ClNO5/c1-14-9-19(29-13-15-5-7-17(24)8-6-15)12-20-22(14)23(26)21(30-20)11-16-3-2-4-18(10-16)25(27)28/h2-12H,13H2,1H3/b21-11-. The van der Waals surface area contributed by atoms with Gasteiger partial charge in [0.1, 0.15) is 18.1 Å². The zero-order valence-corrected chi connectivity index (χ0v) is 16.7. The highest BCUT2D eigenvalue weighted by Gasteiger charge is 2.30. The van der Waals surface area contributed by atoms with Crippen molar-refractivity contribution in [1.82, 2.24) is 0 Å². The van der Waals surface area contributed by atoms with Crippen molar-refractivity contribution in [1.29, 1.82) is 0 Å². The van der Waals surface area contributed by atoms with Crippen LogP contribution in [0.1, 0.15) is 27.0 Å². The molecule has 0 saturated carbocycles. The molecule has 4 rings (SSSR count). The van der Waals surface area contributed by atoms with E-state index in [1.54, 1.807) is 36.4 Å². The van der Waals surface area contributed by atoms with Gasteiger partial charge in [-0.2, -0.15) is 0 Å². The lowest BCUT2D eigenvalue weighted by molar-refractivity contribution is -0.384. The molecule has 0 aliphatic carbocycles. The first-order chi connectivity index (χ1) is 14.4. The average molecular weight is 422 g/mol. The fraction of sp³-hybridized carbons (Fsp3) is 0.0870. The van der Waals surface area contributed by atoms with E-state index in [0.717, 1.165) is 11.1 Å². The number of rotatable bonds is 5. The molecule has 0 unspecified atom stereocenters. The number of fused-ring (bicyclic) bond motifs is 1. The van der Waals surface area contributed by atoms with Gasteiger partial charge in [-0.25, -0.2) is 0 Å². The molecule has 1 heterocycles. The third-order valence-electron chi connectivity index (χ3n) is 4.64. The van der Waals surface area contributed by atoms with Crippen LogP contribution in [0.5, 0.6) is 11.5 Å². The van der Waals surface area contributed by atoms with Gasteiger partial charge in [0.2, 0.25) is 5.78 Å². The van der Waals surface area contributed by atoms with Crippen LogP contribution in [0.2, 0.25) is 5.02 Å². The number of ether oxygens (including phenoxy) is 2. The summed E-state index contributed by atoms with van der Waals surface area (Å²) < 4.78 is 11.6. The number of benzene rings is 3. The summed E-state index contributed by atoms with van der Waals surface area (Å²) in [6.07, 6.45) is 1.50. The second-order valence-corrected chi connectivity index (χ2v) is 7.26. The van der Waals surface area contributed by atoms with Gasteiger partial charge in [0.05, 0.1) is 10.5 Å². The molecule has 3 aromatic rings. The molecule has 0 atom stereocenters. The van der Waals surface area contributed by atoms with E-state index in [1.807, 2.05) is 19.1 Å². The zero-order valence-electron chi connectivity index (χ0n) is 15.9. The van der Waals surface area contributed by atoms with Crippen molar-refractivity contribution in [2.45, 2.75) is 13.5 Å². The van der Waals surface area contributed by atoms with Crippen LogP contribution in [0.25, 0.3) is 6.08 Å². The topological polar surface area (TPSA) is 78.7 Å². The Bertz CT molecular complexity index is 1180. The predicted octanol–water partition coefficient (Wildman–Crippen LogP) is 5.75. The van der Waals surface area contributed by atoms with E-state index in [0.29, 0.717) is 34.3 Å². The Balaban J connectivity index is 1.56. The van der Waals surface area contributed by atoms with Gasteiger partial charge < -0.3 is 9.47 Å². The number of Topliss-reactive ketones (excluding diaryl/α,β-unsaturated/α-hetero) is 1. The van der Waals surface area contributed by atoms with Crippen molar-refractivity contribution >= 4 is 29.1 Å². The Kier molecular flexibility index (Phi) is 5.25. The minimum absolute atomic E-state index is 0.0543. The molecule has 1 aliphatic rings. The number of nitro groups is 1. The normalized spacial score (nSPS) is 13.8. The lowest BCUT2D eigenvalue weighted by Gasteiger charge is -2.09. The quantitative estimate of drug-likeness (QED) is 0.297. The predicted molar refractivity (Wildman–Crippen MR) is 113 cm³/mol. The number of hydrogen-bond donors (Lipinski definition) is 0. The number of halogens is 1. The number of allylic oxidation sites excluding steroid dienone is 1. The molecule has 0 radical (unpaired) electrons. The van der Waals surface area contributed by atoms with E-state index in [9.17, 15) is 14.9 Å². The van der Waals surface area contributed by atoms with Gasteiger partial charge in [0.25, 0.3) is 5.69 Å². The van der Waals surface area contributed by atoms with E-state index in [4.69, 9.17) is 21.1 Å². The lowest BCUT2D eigenvalue weighted by Crippen LogP contribution is -2.00. The summed E-state index contributed by atoms with van der Waals surface area (Å²) in [5.41, 5.74) is 2.61. The van der Waals surface area contributed by atoms with Crippen LogP contribution >= 0.6 is 11.6 Å². The van der Waals surface area contributed by atoms with Crippen molar-refractivity contribution in [3.63, 3.8) is 0 Å². The summed E-state index contributed by atoms with van der Waals surface area (Å²) in [7, 11) is 0. The Morgan fingerprint density at radius 1 is 1.13 bits per heavy atom. The van der Waals surface area contributed by atoms with Crippen LogP contribution in [-0.4, -0.2) is 10.7 Å². The number of carbonyl (C=O) groups excluding carboxylic acids is 1. The number of nitrogens with zero attached hydrogens (tertiary/aromatic N) is 1. The smallest absolute Gasteiger partial charge is 0.270 e. The molecule has 0 fully saturated rings. The van der Waals surface area contributed by atoms with Crippen molar-refractivity contribution in [3.8, 4) is 11.5 Å². The number of non-ortho nitro benzene ring substituents is 1. The minimum atomic E-state index is -0.484. The van der Waals surface area contributed by atoms with Crippen molar-refractivity contribution in [2.24, 2.45) is 0 Å². The fourth-order valence-corrected chi connectivity index (χ4v) is 3.31. The van der Waals surface area contributed by atoms with E-state index < -0.39 is 4.92 Å². The van der Waals surface area contributed by atoms with Crippen LogP contribution in [0, 0.1) is 17.0 Å². The van der Waals surface area contributed by atoms with Crippen LogP contribution in [-0.2, 0) is 6.61 Å². The first-order valence-corrected chi connectivity index (χ1v) is 9.49. The maximum absolute atomic E-state index is 12.8. The molecular formula is C23H16ClNO5. The van der Waals surface area contributed by atoms with Gasteiger partial charge >= 0.3 is 0 Å². The molecule has 3 aromatic carbocycles. The lowest BCUT2D eigenvalue weighted by atomic mass is 10.0. The van der Waals surface area contributed by atoms with E-state index in [2.05, 4.69) is 0 Å². The van der Waals surface area contributed by atoms with Gasteiger partial charge in [-0.15, -0.1) is 0 Å². The Labute approximate surface area is 177 Å². The summed E-state index contributed by atoms with van der Waals surface area (Å²) >= 11 is 5.90. The van der Waals surface area contributed by atoms with Gasteiger partial charge in [-0.05, 0) is 47.9 Å². The first kappa shape index (κ1) is 19.7. The molecule has 6 nitrogen and oxygen atoms in total. The van der Waals surface area contributed by atoms with Crippen LogP contribution in [0.4, 0.5) is 5.69 Å². The molecule has 30 heavy (non-hydrogen) atoms. The Morgan fingerprint density at radius 2 is 1.90 bits per heavy atom. The fourth-order valence-electron chi connectivity index (χ4n) is 3.19. The number of ketones is 1. The SMILES string of the molecule is Cc1cc(OCc2ccc(Cl)cc2)cc2c1C(=O)/C(=C/c1cccc([N+](=O)[O-])c1)O2. The third kappa shape index (κ3) is 4.04. The van der Waals surface area contributed by atoms with Crippen LogP contribution in [0.3, 0.4) is 0 Å². The highest BCUT2D eigenvalue weighted by Crippen LogP contribution is 2.38. The minimum Gasteiger partial charge on any atom is -0.489 e. The van der Waals surface area contributed by atoms with Crippen LogP contribution in [0.15, 0.2) is 66.4 Å². The summed E-state index contributed by atoms with van der Waals surface area (Å²) in [6, 6.07) is 16.8. The van der Waals surface area contributed by atoms with Crippen molar-refractivity contribution in [3.05, 3.63) is 104 Å². The number of nitro benzene ring substituents is 1. The average Bonchev–Trinajstić information content (AvgIpc) is 3.03. The largest absolute Gasteiger partial charge is 0.489 e. The van der Waals surface area contributed by atoms with Crippen molar-refractivity contribution in [2.75, 3.05) is 0 Å². The van der Waals surface area contributed by atoms with Gasteiger partial charge in [-0.1, -0.05) is 35.9 Å². The second kappa shape index (κ2) is 8.00. The summed E-state index contributed by atoms with van der Waals surface area (Å²) in [6.45, 7) is 2.16. The Hall–Kier alpha value is -3.64. The van der Waals surface area contributed by atoms with E-state index >= 15 is 0 Å². The molecular weight excluding hydrogens is 406 g/mol. The highest BCUT2D eigenvalue weighted by molar-refractivity contribution is 6.30. The van der Waals surface area contributed by atoms with Gasteiger partial charge in [-0.3, -0.25) is 14.9 Å². The first-order valence-electron chi connectivity index (χ1n) is 9.11. The summed E-state index contributed by atoms with van der Waals surface area (Å²) in [5, 5.41) is 11.6. The van der Waals surface area contributed by atoms with E-state index in [-0.39, 0.29) is 17.2 Å². The maximum Gasteiger partial charge on any atom is 0.270 e. The molecule has 0 bridgehead atoms. The molecule has 0 N–H and O–H groups in total. The molecule has 0 aromatic heterocycles. The van der Waals surface area contributed by atoms with Gasteiger partial charge in [0.15, 0.2) is 5.76 Å². The molecule has 0 amide bonds. The number of aryl methyl sites for hydroxylation is 1. The highest BCUT2D eigenvalue weighted by atomic mass is 35.5. The monoisotopic (exact) mass is 421 g/mol. The molecule has 0 spiro atoms. The molecule has 7 heteroatoms. The summed E-state index contributed by atoms with van der Waals surface area (Å²) in [4.78, 5) is 23.3. The Morgan fingerprint density at radius 3 is 2.63 bits per heavy atom. The molecule has 1 aliphatic heterocycles. The molecule has 150 valence electrons. The zero-order chi connectivity index (χ0) is 21.3. The second-order valence-electron chi connectivity index (χ2n) is 6.82. The molecule has 0 saturated heterocycles. The number of hydrogen-bond acceptors (Lipinski definition) is 5. The summed E-state index contributed by atoms with van der Waals surface area (Å²) in [5.74, 6) is 0.829. The maximum atomic E-state index is 12.8. The van der Waals surface area contributed by atoms with E-state index in [1.165, 1.54) is 18.2 Å². The number of carbonyl (C=O) groups is 1.